The summed E-state index contributed by atoms with van der Waals surface area (Å²) in [4.78, 5) is 0. The molecule has 0 radical (unpaired) electrons. The summed E-state index contributed by atoms with van der Waals surface area (Å²) in [5.74, 6) is 1.85. The molecule has 1 aliphatic heterocycles. The summed E-state index contributed by atoms with van der Waals surface area (Å²) in [6.07, 6.45) is 9.88. The van der Waals surface area contributed by atoms with Gasteiger partial charge in [-0.1, -0.05) is 31.6 Å². The molecule has 1 saturated heterocycles. The topological polar surface area (TPSA) is 21.3 Å². The van der Waals surface area contributed by atoms with E-state index >= 15 is 0 Å². The monoisotopic (exact) mass is 283 g/mol. The minimum atomic E-state index is 0.426. The summed E-state index contributed by atoms with van der Waals surface area (Å²) in [6.45, 7) is 5.52. The third-order valence-corrected chi connectivity index (χ3v) is 5.99. The minimum Gasteiger partial charge on any atom is -0.490 e. The average molecular weight is 283 g/mol. The van der Waals surface area contributed by atoms with Crippen LogP contribution in [0.15, 0.2) is 30.9 Å². The molecule has 1 heterocycles. The molecule has 1 N–H and O–H groups in total. The molecule has 2 heteroatoms. The van der Waals surface area contributed by atoms with Gasteiger partial charge in [0.1, 0.15) is 12.4 Å². The molecule has 4 rings (SSSR count). The Labute approximate surface area is 127 Å². The highest BCUT2D eigenvalue weighted by atomic mass is 16.5. The van der Waals surface area contributed by atoms with E-state index in [1.54, 1.807) is 11.1 Å². The van der Waals surface area contributed by atoms with Crippen LogP contribution in [-0.4, -0.2) is 19.2 Å². The molecule has 2 bridgehead atoms. The summed E-state index contributed by atoms with van der Waals surface area (Å²) in [5.41, 5.74) is 3.58. The Morgan fingerprint density at radius 1 is 1.33 bits per heavy atom. The van der Waals surface area contributed by atoms with Crippen molar-refractivity contribution in [2.75, 3.05) is 13.2 Å². The highest BCUT2D eigenvalue weighted by molar-refractivity contribution is 5.45. The highest BCUT2D eigenvalue weighted by Gasteiger charge is 2.51. The van der Waals surface area contributed by atoms with Crippen molar-refractivity contribution < 1.29 is 4.74 Å². The van der Waals surface area contributed by atoms with Crippen LogP contribution in [0, 0.1) is 5.92 Å². The first-order valence-electron chi connectivity index (χ1n) is 8.44. The second kappa shape index (κ2) is 5.17. The second-order valence-corrected chi connectivity index (χ2v) is 6.94. The van der Waals surface area contributed by atoms with Crippen LogP contribution in [0.1, 0.15) is 43.2 Å². The number of rotatable bonds is 3. The zero-order chi connectivity index (χ0) is 14.3. The maximum absolute atomic E-state index is 5.80. The van der Waals surface area contributed by atoms with Crippen LogP contribution >= 0.6 is 0 Å². The SMILES string of the molecule is C=CCOc1ccc2c(c1)[C@@]13CCCC[C@H]1[C@@H](C2)NCC3. The first kappa shape index (κ1) is 13.4. The summed E-state index contributed by atoms with van der Waals surface area (Å²) >= 11 is 0. The first-order chi connectivity index (χ1) is 10.3. The molecular weight excluding hydrogens is 258 g/mol. The predicted molar refractivity (Wildman–Crippen MR) is 85.9 cm³/mol. The average Bonchev–Trinajstić information content (AvgIpc) is 2.53. The van der Waals surface area contributed by atoms with Gasteiger partial charge in [-0.3, -0.25) is 0 Å². The molecule has 0 spiro atoms. The van der Waals surface area contributed by atoms with Crippen LogP contribution in [0.25, 0.3) is 0 Å². The van der Waals surface area contributed by atoms with Crippen LogP contribution in [0.3, 0.4) is 0 Å². The number of hydrogen-bond acceptors (Lipinski definition) is 2. The molecule has 0 aromatic heterocycles. The lowest BCUT2D eigenvalue weighted by Crippen LogP contribution is -2.59. The van der Waals surface area contributed by atoms with Crippen LogP contribution in [-0.2, 0) is 11.8 Å². The fourth-order valence-electron chi connectivity index (χ4n) is 5.15. The van der Waals surface area contributed by atoms with Crippen LogP contribution < -0.4 is 10.1 Å². The van der Waals surface area contributed by atoms with Gasteiger partial charge in [-0.2, -0.15) is 0 Å². The Hall–Kier alpha value is -1.28. The van der Waals surface area contributed by atoms with E-state index in [4.69, 9.17) is 4.74 Å². The third kappa shape index (κ3) is 2.03. The van der Waals surface area contributed by atoms with Gasteiger partial charge in [0.05, 0.1) is 0 Å². The van der Waals surface area contributed by atoms with Crippen molar-refractivity contribution in [3.8, 4) is 5.75 Å². The van der Waals surface area contributed by atoms with Gasteiger partial charge < -0.3 is 10.1 Å². The van der Waals surface area contributed by atoms with E-state index in [0.717, 1.165) is 11.7 Å². The van der Waals surface area contributed by atoms with E-state index in [1.807, 2.05) is 6.08 Å². The summed E-state index contributed by atoms with van der Waals surface area (Å²) < 4.78 is 5.80. The van der Waals surface area contributed by atoms with Gasteiger partial charge in [-0.25, -0.2) is 0 Å². The molecule has 0 amide bonds. The van der Waals surface area contributed by atoms with E-state index in [0.29, 0.717) is 18.1 Å². The van der Waals surface area contributed by atoms with E-state index in [-0.39, 0.29) is 0 Å². The largest absolute Gasteiger partial charge is 0.490 e. The van der Waals surface area contributed by atoms with E-state index < -0.39 is 0 Å². The van der Waals surface area contributed by atoms with Crippen molar-refractivity contribution in [1.29, 1.82) is 0 Å². The van der Waals surface area contributed by atoms with Crippen molar-refractivity contribution >= 4 is 0 Å². The molecule has 1 saturated carbocycles. The molecular formula is C19H25NO. The molecule has 3 aliphatic rings. The van der Waals surface area contributed by atoms with E-state index in [1.165, 1.54) is 45.1 Å². The normalized spacial score (nSPS) is 33.7. The number of piperidine rings is 1. The van der Waals surface area contributed by atoms with Crippen molar-refractivity contribution in [1.82, 2.24) is 5.32 Å². The minimum absolute atomic E-state index is 0.426. The zero-order valence-corrected chi connectivity index (χ0v) is 12.7. The molecule has 2 fully saturated rings. The van der Waals surface area contributed by atoms with Gasteiger partial charge >= 0.3 is 0 Å². The van der Waals surface area contributed by atoms with Gasteiger partial charge in [0.25, 0.3) is 0 Å². The number of benzene rings is 1. The Bertz CT molecular complexity index is 548. The maximum Gasteiger partial charge on any atom is 0.120 e. The molecule has 2 aliphatic carbocycles. The summed E-state index contributed by atoms with van der Waals surface area (Å²) in [5, 5.41) is 3.79. The Morgan fingerprint density at radius 2 is 2.29 bits per heavy atom. The molecule has 21 heavy (non-hydrogen) atoms. The van der Waals surface area contributed by atoms with Gasteiger partial charge in [0, 0.05) is 11.5 Å². The van der Waals surface area contributed by atoms with E-state index in [9.17, 15) is 0 Å². The van der Waals surface area contributed by atoms with Crippen molar-refractivity contribution in [2.24, 2.45) is 5.92 Å². The van der Waals surface area contributed by atoms with E-state index in [2.05, 4.69) is 30.1 Å². The maximum atomic E-state index is 5.80. The van der Waals surface area contributed by atoms with Crippen molar-refractivity contribution in [3.05, 3.63) is 42.0 Å². The lowest BCUT2D eigenvalue weighted by Gasteiger charge is -2.56. The lowest BCUT2D eigenvalue weighted by atomic mass is 9.53. The number of nitrogens with one attached hydrogen (secondary N) is 1. The Kier molecular flexibility index (Phi) is 3.30. The fourth-order valence-corrected chi connectivity index (χ4v) is 5.15. The summed E-state index contributed by atoms with van der Waals surface area (Å²) in [7, 11) is 0. The van der Waals surface area contributed by atoms with Gasteiger partial charge in [-0.05, 0) is 61.4 Å². The van der Waals surface area contributed by atoms with Crippen LogP contribution in [0.2, 0.25) is 0 Å². The number of hydrogen-bond donors (Lipinski definition) is 1. The molecule has 1 aromatic rings. The molecule has 3 atom stereocenters. The predicted octanol–water partition coefficient (Wildman–Crippen LogP) is 3.60. The van der Waals surface area contributed by atoms with Crippen molar-refractivity contribution in [3.63, 3.8) is 0 Å². The van der Waals surface area contributed by atoms with Crippen molar-refractivity contribution in [2.45, 2.75) is 50.0 Å². The standard InChI is InChI=1S/C19H25NO/c1-2-11-21-15-7-6-14-12-18-16-5-3-4-8-19(16,9-10-20-18)17(14)13-15/h2,6-7,13,16,18,20H,1,3-5,8-12H2/t16-,18+,19+/m0/s1. The second-order valence-electron chi connectivity index (χ2n) is 6.94. The fraction of sp³-hybridized carbons (Fsp3) is 0.579. The lowest BCUT2D eigenvalue weighted by molar-refractivity contribution is 0.0795. The van der Waals surface area contributed by atoms with Gasteiger partial charge in [0.2, 0.25) is 0 Å². The molecule has 112 valence electrons. The Balaban J connectivity index is 1.77. The van der Waals surface area contributed by atoms with Gasteiger partial charge in [0.15, 0.2) is 0 Å². The smallest absolute Gasteiger partial charge is 0.120 e. The molecule has 0 unspecified atom stereocenters. The highest BCUT2D eigenvalue weighted by Crippen LogP contribution is 2.54. The zero-order valence-electron chi connectivity index (χ0n) is 12.7. The third-order valence-electron chi connectivity index (χ3n) is 5.99. The summed E-state index contributed by atoms with van der Waals surface area (Å²) in [6, 6.07) is 7.49. The van der Waals surface area contributed by atoms with Crippen LogP contribution in [0.4, 0.5) is 0 Å². The molecule has 1 aromatic carbocycles. The van der Waals surface area contributed by atoms with Gasteiger partial charge in [-0.15, -0.1) is 0 Å². The Morgan fingerprint density at radius 3 is 3.19 bits per heavy atom. The first-order valence-corrected chi connectivity index (χ1v) is 8.44. The number of fused-ring (bicyclic) bond motifs is 1. The number of ether oxygens (including phenoxy) is 1. The quantitative estimate of drug-likeness (QED) is 0.856. The van der Waals surface area contributed by atoms with Crippen LogP contribution in [0.5, 0.6) is 5.75 Å². The molecule has 2 nitrogen and oxygen atoms in total.